The first kappa shape index (κ1) is 20.3. The Morgan fingerprint density at radius 2 is 1.84 bits per heavy atom. The summed E-state index contributed by atoms with van der Waals surface area (Å²) in [6, 6.07) is 18.4. The number of fused-ring (bicyclic) bond motifs is 3. The summed E-state index contributed by atoms with van der Waals surface area (Å²) >= 11 is 3.33. The van der Waals surface area contributed by atoms with Gasteiger partial charge in [-0.2, -0.15) is 0 Å². The molecule has 4 aromatic rings. The lowest BCUT2D eigenvalue weighted by atomic mass is 9.97. The van der Waals surface area contributed by atoms with Crippen LogP contribution in [0.1, 0.15) is 34.4 Å². The van der Waals surface area contributed by atoms with Crippen LogP contribution in [0.15, 0.2) is 70.6 Å². The van der Waals surface area contributed by atoms with Crippen molar-refractivity contribution >= 4 is 39.4 Å². The van der Waals surface area contributed by atoms with Gasteiger partial charge in [-0.15, -0.1) is 11.3 Å². The average Bonchev–Trinajstić information content (AvgIpc) is 3.17. The monoisotopic (exact) mass is 444 g/mol. The standard InChI is InChI=1S/C26H24N2OS2/c1-18-13-15-20(16-14-18)28-25(29)23-21-11-5-6-12-22(21)31-24(23)27-26(28)30-17-7-10-19-8-3-2-4-9-19/h2-4,7-10,13-16H,5-6,11-12,17H2,1H3/b10-7+. The second-order valence-corrected chi connectivity index (χ2v) is 9.96. The van der Waals surface area contributed by atoms with Crippen molar-refractivity contribution in [2.24, 2.45) is 0 Å². The lowest BCUT2D eigenvalue weighted by Gasteiger charge is -2.13. The summed E-state index contributed by atoms with van der Waals surface area (Å²) < 4.78 is 1.81. The van der Waals surface area contributed by atoms with E-state index in [0.29, 0.717) is 0 Å². The van der Waals surface area contributed by atoms with Gasteiger partial charge in [-0.05, 0) is 55.9 Å². The van der Waals surface area contributed by atoms with Crippen LogP contribution in [-0.2, 0) is 12.8 Å². The summed E-state index contributed by atoms with van der Waals surface area (Å²) in [6.07, 6.45) is 8.68. The summed E-state index contributed by atoms with van der Waals surface area (Å²) in [5.74, 6) is 0.754. The molecule has 0 saturated heterocycles. The molecule has 2 aromatic heterocycles. The van der Waals surface area contributed by atoms with Crippen molar-refractivity contribution in [2.45, 2.75) is 37.8 Å². The van der Waals surface area contributed by atoms with Crippen LogP contribution in [0.25, 0.3) is 22.0 Å². The summed E-state index contributed by atoms with van der Waals surface area (Å²) in [6.45, 7) is 2.06. The molecule has 1 aliphatic carbocycles. The molecular weight excluding hydrogens is 420 g/mol. The van der Waals surface area contributed by atoms with Crippen LogP contribution in [0.3, 0.4) is 0 Å². The molecule has 0 saturated carbocycles. The Labute approximate surface area is 190 Å². The Hall–Kier alpha value is -2.63. The lowest BCUT2D eigenvalue weighted by Crippen LogP contribution is -2.22. The number of thioether (sulfide) groups is 1. The molecule has 0 unspecified atom stereocenters. The van der Waals surface area contributed by atoms with Gasteiger partial charge in [0.05, 0.1) is 11.1 Å². The number of rotatable bonds is 5. The quantitative estimate of drug-likeness (QED) is 0.262. The topological polar surface area (TPSA) is 34.9 Å². The lowest BCUT2D eigenvalue weighted by molar-refractivity contribution is 0.699. The van der Waals surface area contributed by atoms with Crippen LogP contribution < -0.4 is 5.56 Å². The van der Waals surface area contributed by atoms with E-state index in [1.807, 2.05) is 34.9 Å². The predicted octanol–water partition coefficient (Wildman–Crippen LogP) is 6.44. The van der Waals surface area contributed by atoms with Crippen LogP contribution in [-0.4, -0.2) is 15.3 Å². The van der Waals surface area contributed by atoms with E-state index < -0.39 is 0 Å². The molecule has 0 spiro atoms. The minimum atomic E-state index is 0.0720. The molecule has 5 heteroatoms. The maximum absolute atomic E-state index is 13.7. The van der Waals surface area contributed by atoms with Crippen LogP contribution in [0.4, 0.5) is 0 Å². The molecule has 0 fully saturated rings. The highest BCUT2D eigenvalue weighted by Gasteiger charge is 2.22. The fourth-order valence-electron chi connectivity index (χ4n) is 4.08. The summed E-state index contributed by atoms with van der Waals surface area (Å²) in [5, 5.41) is 1.60. The fourth-order valence-corrected chi connectivity index (χ4v) is 6.20. The average molecular weight is 445 g/mol. The molecular formula is C26H24N2OS2. The number of aryl methyl sites for hydroxylation is 3. The molecule has 0 radical (unpaired) electrons. The van der Waals surface area contributed by atoms with E-state index in [1.165, 1.54) is 28.0 Å². The first-order valence-corrected chi connectivity index (χ1v) is 12.5. The summed E-state index contributed by atoms with van der Waals surface area (Å²) in [7, 11) is 0. The molecule has 3 nitrogen and oxygen atoms in total. The second-order valence-electron chi connectivity index (χ2n) is 7.89. The summed E-state index contributed by atoms with van der Waals surface area (Å²) in [4.78, 5) is 21.0. The van der Waals surface area contributed by atoms with Crippen molar-refractivity contribution < 1.29 is 0 Å². The van der Waals surface area contributed by atoms with Crippen molar-refractivity contribution in [1.29, 1.82) is 0 Å². The van der Waals surface area contributed by atoms with Crippen molar-refractivity contribution in [1.82, 2.24) is 9.55 Å². The zero-order valence-corrected chi connectivity index (χ0v) is 19.1. The third kappa shape index (κ3) is 4.12. The minimum absolute atomic E-state index is 0.0720. The number of hydrogen-bond donors (Lipinski definition) is 0. The molecule has 2 heterocycles. The van der Waals surface area contributed by atoms with E-state index in [2.05, 4.69) is 43.3 Å². The largest absolute Gasteiger partial charge is 0.268 e. The zero-order valence-electron chi connectivity index (χ0n) is 17.5. The Kier molecular flexibility index (Phi) is 5.79. The second kappa shape index (κ2) is 8.85. The normalized spacial score (nSPS) is 13.7. The van der Waals surface area contributed by atoms with Crippen molar-refractivity contribution in [2.75, 3.05) is 5.75 Å². The Bertz CT molecular complexity index is 1300. The molecule has 2 aromatic carbocycles. The van der Waals surface area contributed by atoms with Gasteiger partial charge in [-0.3, -0.25) is 9.36 Å². The van der Waals surface area contributed by atoms with E-state index in [1.54, 1.807) is 23.1 Å². The van der Waals surface area contributed by atoms with Gasteiger partial charge in [0.25, 0.3) is 5.56 Å². The van der Waals surface area contributed by atoms with Crippen LogP contribution in [0.5, 0.6) is 0 Å². The van der Waals surface area contributed by atoms with E-state index in [-0.39, 0.29) is 5.56 Å². The Balaban J connectivity index is 1.57. The van der Waals surface area contributed by atoms with E-state index >= 15 is 0 Å². The van der Waals surface area contributed by atoms with Gasteiger partial charge in [0.15, 0.2) is 5.16 Å². The number of benzene rings is 2. The number of hydrogen-bond acceptors (Lipinski definition) is 4. The maximum Gasteiger partial charge on any atom is 0.267 e. The third-order valence-electron chi connectivity index (χ3n) is 5.67. The van der Waals surface area contributed by atoms with E-state index in [4.69, 9.17) is 4.98 Å². The van der Waals surface area contributed by atoms with E-state index in [9.17, 15) is 4.79 Å². The van der Waals surface area contributed by atoms with Crippen LogP contribution in [0.2, 0.25) is 0 Å². The van der Waals surface area contributed by atoms with Gasteiger partial charge in [0, 0.05) is 10.6 Å². The molecule has 31 heavy (non-hydrogen) atoms. The molecule has 1 aliphatic rings. The molecule has 156 valence electrons. The van der Waals surface area contributed by atoms with Crippen LogP contribution >= 0.6 is 23.1 Å². The van der Waals surface area contributed by atoms with Gasteiger partial charge in [-0.25, -0.2) is 4.98 Å². The van der Waals surface area contributed by atoms with Gasteiger partial charge >= 0.3 is 0 Å². The highest BCUT2D eigenvalue weighted by molar-refractivity contribution is 7.99. The first-order chi connectivity index (χ1) is 15.2. The maximum atomic E-state index is 13.7. The van der Waals surface area contributed by atoms with Gasteiger partial charge in [-0.1, -0.05) is 71.9 Å². The molecule has 0 amide bonds. The van der Waals surface area contributed by atoms with Crippen LogP contribution in [0, 0.1) is 6.92 Å². The predicted molar refractivity (Wildman–Crippen MR) is 133 cm³/mol. The van der Waals surface area contributed by atoms with Gasteiger partial charge in [0.2, 0.25) is 0 Å². The number of thiophene rings is 1. The SMILES string of the molecule is Cc1ccc(-n2c(SC/C=C/c3ccccc3)nc3sc4c(c3c2=O)CCCC4)cc1. The van der Waals surface area contributed by atoms with Gasteiger partial charge in [0.1, 0.15) is 4.83 Å². The minimum Gasteiger partial charge on any atom is -0.268 e. The van der Waals surface area contributed by atoms with Crippen molar-refractivity contribution in [3.05, 3.63) is 92.6 Å². The van der Waals surface area contributed by atoms with Gasteiger partial charge < -0.3 is 0 Å². The first-order valence-electron chi connectivity index (χ1n) is 10.7. The molecule has 0 bridgehead atoms. The number of aromatic nitrogens is 2. The smallest absolute Gasteiger partial charge is 0.267 e. The zero-order chi connectivity index (χ0) is 21.2. The molecule has 5 rings (SSSR count). The Morgan fingerprint density at radius 3 is 2.65 bits per heavy atom. The third-order valence-corrected chi connectivity index (χ3v) is 7.75. The molecule has 0 N–H and O–H groups in total. The van der Waals surface area contributed by atoms with E-state index in [0.717, 1.165) is 46.1 Å². The van der Waals surface area contributed by atoms with Crippen molar-refractivity contribution in [3.8, 4) is 5.69 Å². The van der Waals surface area contributed by atoms with Crippen molar-refractivity contribution in [3.63, 3.8) is 0 Å². The summed E-state index contributed by atoms with van der Waals surface area (Å²) in [5.41, 5.74) is 4.55. The highest BCUT2D eigenvalue weighted by atomic mass is 32.2. The Morgan fingerprint density at radius 1 is 1.06 bits per heavy atom. The number of nitrogens with zero attached hydrogens (tertiary/aromatic N) is 2. The highest BCUT2D eigenvalue weighted by Crippen LogP contribution is 2.35. The molecule has 0 atom stereocenters. The molecule has 0 aliphatic heterocycles. The fraction of sp³-hybridized carbons (Fsp3) is 0.231.